The van der Waals surface area contributed by atoms with Crippen LogP contribution in [-0.2, 0) is 22.1 Å². The van der Waals surface area contributed by atoms with Crippen molar-refractivity contribution in [2.45, 2.75) is 17.2 Å². The number of carbonyl (C=O) groups is 1. The third-order valence-corrected chi connectivity index (χ3v) is 5.51. The van der Waals surface area contributed by atoms with Crippen molar-refractivity contribution in [3.05, 3.63) is 77.5 Å². The van der Waals surface area contributed by atoms with Gasteiger partial charge in [-0.3, -0.25) is 4.79 Å². The highest BCUT2D eigenvalue weighted by Crippen LogP contribution is 2.34. The minimum Gasteiger partial charge on any atom is -0.438 e. The highest BCUT2D eigenvalue weighted by atomic mass is 32.2. The van der Waals surface area contributed by atoms with E-state index >= 15 is 0 Å². The molecule has 0 saturated heterocycles. The number of pyridine rings is 1. The van der Waals surface area contributed by atoms with Crippen LogP contribution in [0.5, 0.6) is 11.6 Å². The summed E-state index contributed by atoms with van der Waals surface area (Å²) < 4.78 is 103. The first kappa shape index (κ1) is 25.0. The fraction of sp³-hybridized carbons (Fsp3) is 0.143. The van der Waals surface area contributed by atoms with Crippen LogP contribution in [0.4, 0.5) is 32.0 Å². The van der Waals surface area contributed by atoms with E-state index in [9.17, 15) is 35.3 Å². The summed E-state index contributed by atoms with van der Waals surface area (Å²) in [5, 5.41) is 2.32. The SMILES string of the molecule is CS(=N)(=O)c1cccc(NC(=O)c2cc(C(F)(F)F)cnc2Oc2ccc(C(F)(F)F)cc2)c1. The van der Waals surface area contributed by atoms with Gasteiger partial charge in [-0.05, 0) is 48.5 Å². The van der Waals surface area contributed by atoms with Crippen molar-refractivity contribution in [2.24, 2.45) is 0 Å². The summed E-state index contributed by atoms with van der Waals surface area (Å²) in [7, 11) is -3.13. The van der Waals surface area contributed by atoms with Gasteiger partial charge in [0.05, 0.1) is 20.9 Å². The van der Waals surface area contributed by atoms with Crippen LogP contribution in [-0.4, -0.2) is 21.4 Å². The Labute approximate surface area is 189 Å². The lowest BCUT2D eigenvalue weighted by molar-refractivity contribution is -0.138. The number of nitrogens with one attached hydrogen (secondary N) is 2. The second-order valence-corrected chi connectivity index (χ2v) is 9.18. The Balaban J connectivity index is 1.97. The van der Waals surface area contributed by atoms with Gasteiger partial charge in [-0.2, -0.15) is 26.3 Å². The Bertz CT molecular complexity index is 1320. The van der Waals surface area contributed by atoms with Crippen molar-refractivity contribution in [2.75, 3.05) is 11.6 Å². The van der Waals surface area contributed by atoms with Crippen LogP contribution < -0.4 is 10.1 Å². The first-order chi connectivity index (χ1) is 15.6. The largest absolute Gasteiger partial charge is 0.438 e. The van der Waals surface area contributed by atoms with E-state index < -0.39 is 50.6 Å². The highest BCUT2D eigenvalue weighted by Gasteiger charge is 2.33. The first-order valence-corrected chi connectivity index (χ1v) is 11.2. The van der Waals surface area contributed by atoms with Gasteiger partial charge in [-0.1, -0.05) is 6.07 Å². The van der Waals surface area contributed by atoms with Crippen molar-refractivity contribution in [1.82, 2.24) is 4.98 Å². The predicted octanol–water partition coefficient (Wildman–Crippen LogP) is 6.20. The molecular weight excluding hydrogens is 488 g/mol. The number of aromatic nitrogens is 1. The van der Waals surface area contributed by atoms with Crippen molar-refractivity contribution >= 4 is 21.3 Å². The normalized spacial score (nSPS) is 13.7. The number of rotatable bonds is 5. The van der Waals surface area contributed by atoms with Crippen LogP contribution >= 0.6 is 0 Å². The second kappa shape index (κ2) is 8.97. The number of amides is 1. The molecule has 0 aliphatic rings. The fourth-order valence-electron chi connectivity index (χ4n) is 2.69. The third-order valence-electron chi connectivity index (χ3n) is 4.36. The number of benzene rings is 2. The van der Waals surface area contributed by atoms with E-state index in [1.165, 1.54) is 24.3 Å². The zero-order valence-corrected chi connectivity index (χ0v) is 17.9. The summed E-state index contributed by atoms with van der Waals surface area (Å²) in [6.45, 7) is 0. The highest BCUT2D eigenvalue weighted by molar-refractivity contribution is 7.91. The molecule has 6 nitrogen and oxygen atoms in total. The summed E-state index contributed by atoms with van der Waals surface area (Å²) in [4.78, 5) is 16.4. The maximum atomic E-state index is 13.2. The van der Waals surface area contributed by atoms with E-state index in [1.54, 1.807) is 0 Å². The van der Waals surface area contributed by atoms with E-state index in [0.29, 0.717) is 24.4 Å². The molecule has 180 valence electrons. The molecule has 1 aromatic heterocycles. The van der Waals surface area contributed by atoms with Gasteiger partial charge >= 0.3 is 12.4 Å². The molecule has 0 radical (unpaired) electrons. The number of ether oxygens (including phenoxy) is 1. The lowest BCUT2D eigenvalue weighted by Gasteiger charge is -2.14. The first-order valence-electron chi connectivity index (χ1n) is 9.22. The number of hydrogen-bond acceptors (Lipinski definition) is 5. The summed E-state index contributed by atoms with van der Waals surface area (Å²) in [5.41, 5.74) is -2.83. The fourth-order valence-corrected chi connectivity index (χ4v) is 3.38. The molecule has 0 aliphatic carbocycles. The molecule has 13 heteroatoms. The molecule has 1 atom stereocenters. The summed E-state index contributed by atoms with van der Waals surface area (Å²) >= 11 is 0. The van der Waals surface area contributed by atoms with Crippen LogP contribution in [0.2, 0.25) is 0 Å². The minimum atomic E-state index is -4.84. The average molecular weight is 503 g/mol. The van der Waals surface area contributed by atoms with Crippen LogP contribution in [0.15, 0.2) is 65.7 Å². The van der Waals surface area contributed by atoms with Crippen LogP contribution in [0.3, 0.4) is 0 Å². The van der Waals surface area contributed by atoms with Gasteiger partial charge in [0.1, 0.15) is 11.3 Å². The van der Waals surface area contributed by atoms with Gasteiger partial charge in [0.25, 0.3) is 5.91 Å². The number of hydrogen-bond donors (Lipinski definition) is 2. The molecule has 3 rings (SSSR count). The molecule has 0 bridgehead atoms. The number of anilines is 1. The van der Waals surface area contributed by atoms with E-state index in [-0.39, 0.29) is 16.3 Å². The van der Waals surface area contributed by atoms with Crippen LogP contribution in [0.1, 0.15) is 21.5 Å². The van der Waals surface area contributed by atoms with Gasteiger partial charge in [0.15, 0.2) is 0 Å². The van der Waals surface area contributed by atoms with Crippen molar-refractivity contribution in [3.8, 4) is 11.6 Å². The molecule has 0 spiro atoms. The molecule has 0 fully saturated rings. The number of nitrogens with zero attached hydrogens (tertiary/aromatic N) is 1. The van der Waals surface area contributed by atoms with Crippen LogP contribution in [0, 0.1) is 4.78 Å². The molecule has 2 aromatic carbocycles. The van der Waals surface area contributed by atoms with Crippen molar-refractivity contribution < 1.29 is 40.1 Å². The Kier molecular flexibility index (Phi) is 6.60. The predicted molar refractivity (Wildman–Crippen MR) is 110 cm³/mol. The molecule has 34 heavy (non-hydrogen) atoms. The Morgan fingerprint density at radius 3 is 2.15 bits per heavy atom. The molecule has 1 amide bonds. The van der Waals surface area contributed by atoms with Gasteiger partial charge in [0.2, 0.25) is 5.88 Å². The summed E-state index contributed by atoms with van der Waals surface area (Å²) in [5.74, 6) is -1.86. The standard InChI is InChI=1S/C21H15F6N3O3S/c1-34(28,32)16-4-2-3-14(10-16)30-18(31)17-9-13(21(25,26)27)11-29-19(17)33-15-7-5-12(6-8-15)20(22,23)24/h2-11,28H,1H3,(H,30,31). The molecule has 0 saturated carbocycles. The molecule has 3 aromatic rings. The monoisotopic (exact) mass is 503 g/mol. The number of carbonyl (C=O) groups excluding carboxylic acids is 1. The Morgan fingerprint density at radius 1 is 0.971 bits per heavy atom. The van der Waals surface area contributed by atoms with E-state index in [4.69, 9.17) is 9.52 Å². The zero-order valence-electron chi connectivity index (χ0n) is 17.1. The Morgan fingerprint density at radius 2 is 1.59 bits per heavy atom. The lowest BCUT2D eigenvalue weighted by Crippen LogP contribution is -2.16. The summed E-state index contributed by atoms with van der Waals surface area (Å²) in [6.07, 6.45) is -7.87. The molecule has 2 N–H and O–H groups in total. The van der Waals surface area contributed by atoms with E-state index in [1.807, 2.05) is 0 Å². The van der Waals surface area contributed by atoms with Crippen LogP contribution in [0.25, 0.3) is 0 Å². The van der Waals surface area contributed by atoms with Crippen molar-refractivity contribution in [3.63, 3.8) is 0 Å². The number of alkyl halides is 6. The van der Waals surface area contributed by atoms with Gasteiger partial charge in [-0.25, -0.2) is 14.0 Å². The average Bonchev–Trinajstić information content (AvgIpc) is 2.72. The second-order valence-electron chi connectivity index (χ2n) is 7.02. The Hall–Kier alpha value is -3.61. The molecule has 1 unspecified atom stereocenters. The molecular formula is C21H15F6N3O3S. The van der Waals surface area contributed by atoms with Gasteiger partial charge in [0, 0.05) is 23.0 Å². The lowest BCUT2D eigenvalue weighted by atomic mass is 10.1. The maximum Gasteiger partial charge on any atom is 0.417 e. The van der Waals surface area contributed by atoms with Crippen molar-refractivity contribution in [1.29, 1.82) is 4.78 Å². The zero-order chi connectivity index (χ0) is 25.3. The minimum absolute atomic E-state index is 0.0437. The molecule has 1 heterocycles. The molecule has 0 aliphatic heterocycles. The third kappa shape index (κ3) is 6.04. The number of halogens is 6. The quantitative estimate of drug-likeness (QED) is 0.406. The van der Waals surface area contributed by atoms with Gasteiger partial charge < -0.3 is 10.1 Å². The van der Waals surface area contributed by atoms with E-state index in [2.05, 4.69) is 10.3 Å². The smallest absolute Gasteiger partial charge is 0.417 e. The topological polar surface area (TPSA) is 92.1 Å². The summed E-state index contributed by atoms with van der Waals surface area (Å²) in [6, 6.07) is 9.12. The maximum absolute atomic E-state index is 13.2. The van der Waals surface area contributed by atoms with Gasteiger partial charge in [-0.15, -0.1) is 0 Å². The van der Waals surface area contributed by atoms with E-state index in [0.717, 1.165) is 18.4 Å².